The molecule has 0 fully saturated rings. The van der Waals surface area contributed by atoms with Crippen molar-refractivity contribution in [2.45, 2.75) is 6.42 Å². The minimum absolute atomic E-state index is 0.608. The summed E-state index contributed by atoms with van der Waals surface area (Å²) in [5.74, 6) is 1.29. The minimum Gasteiger partial charge on any atom is -0.449 e. The van der Waals surface area contributed by atoms with E-state index < -0.39 is 0 Å². The maximum atomic E-state index is 5.28. The molecule has 2 aromatic heterocycles. The van der Waals surface area contributed by atoms with Crippen LogP contribution in [0, 0.1) is 0 Å². The van der Waals surface area contributed by atoms with Gasteiger partial charge in [-0.1, -0.05) is 15.9 Å². The highest BCUT2D eigenvalue weighted by Crippen LogP contribution is 2.26. The zero-order valence-corrected chi connectivity index (χ0v) is 10.9. The van der Waals surface area contributed by atoms with Crippen LogP contribution < -0.4 is 0 Å². The Morgan fingerprint density at radius 1 is 1.06 bits per heavy atom. The summed E-state index contributed by atoms with van der Waals surface area (Å²) >= 11 is 3.52. The number of hydrogen-bond donors (Lipinski definition) is 0. The predicted molar refractivity (Wildman–Crippen MR) is 68.9 cm³/mol. The maximum Gasteiger partial charge on any atom is 0.225 e. The average Bonchev–Trinajstić information content (AvgIpc) is 3.04. The van der Waals surface area contributed by atoms with E-state index in [0.717, 1.165) is 15.6 Å². The largest absolute Gasteiger partial charge is 0.449 e. The summed E-state index contributed by atoms with van der Waals surface area (Å²) in [6, 6.07) is 5.94. The molecule has 4 nitrogen and oxygen atoms in total. The fourth-order valence-corrected chi connectivity index (χ4v) is 2.10. The third kappa shape index (κ3) is 2.22. The Morgan fingerprint density at radius 2 is 1.89 bits per heavy atom. The maximum absolute atomic E-state index is 5.28. The van der Waals surface area contributed by atoms with Crippen LogP contribution in [-0.2, 0) is 6.42 Å². The topological polar surface area (TPSA) is 52.1 Å². The monoisotopic (exact) mass is 304 g/mol. The van der Waals surface area contributed by atoms with Gasteiger partial charge in [0, 0.05) is 10.0 Å². The fraction of sp³-hybridized carbons (Fsp3) is 0.0769. The van der Waals surface area contributed by atoms with Crippen LogP contribution in [0.1, 0.15) is 11.5 Å². The zero-order valence-electron chi connectivity index (χ0n) is 9.34. The van der Waals surface area contributed by atoms with Gasteiger partial charge in [0.15, 0.2) is 5.89 Å². The van der Waals surface area contributed by atoms with Crippen molar-refractivity contribution >= 4 is 15.9 Å². The first-order valence-corrected chi connectivity index (χ1v) is 6.19. The van der Waals surface area contributed by atoms with Crippen molar-refractivity contribution in [2.24, 2.45) is 0 Å². The quantitative estimate of drug-likeness (QED) is 0.740. The number of oxazole rings is 2. The second-order valence-electron chi connectivity index (χ2n) is 3.75. The fourth-order valence-electron chi connectivity index (χ4n) is 1.71. The van der Waals surface area contributed by atoms with Crippen molar-refractivity contribution in [3.05, 3.63) is 59.0 Å². The van der Waals surface area contributed by atoms with Gasteiger partial charge in [0.1, 0.15) is 12.5 Å². The van der Waals surface area contributed by atoms with Gasteiger partial charge in [0.2, 0.25) is 5.89 Å². The van der Waals surface area contributed by atoms with Crippen LogP contribution in [0.3, 0.4) is 0 Å². The first-order chi connectivity index (χ1) is 8.83. The van der Waals surface area contributed by atoms with Crippen molar-refractivity contribution in [3.63, 3.8) is 0 Å². The van der Waals surface area contributed by atoms with Crippen LogP contribution >= 0.6 is 15.9 Å². The van der Waals surface area contributed by atoms with Crippen molar-refractivity contribution < 1.29 is 8.83 Å². The zero-order chi connectivity index (χ0) is 12.4. The van der Waals surface area contributed by atoms with Crippen molar-refractivity contribution in [1.29, 1.82) is 0 Å². The van der Waals surface area contributed by atoms with E-state index in [9.17, 15) is 0 Å². The van der Waals surface area contributed by atoms with Crippen molar-refractivity contribution in [3.8, 4) is 11.5 Å². The first-order valence-electron chi connectivity index (χ1n) is 5.39. The molecular weight excluding hydrogens is 296 g/mol. The van der Waals surface area contributed by atoms with Crippen molar-refractivity contribution in [1.82, 2.24) is 9.97 Å². The highest BCUT2D eigenvalue weighted by atomic mass is 79.9. The van der Waals surface area contributed by atoms with Crippen LogP contribution in [0.5, 0.6) is 0 Å². The van der Waals surface area contributed by atoms with E-state index in [0.29, 0.717) is 18.2 Å². The van der Waals surface area contributed by atoms with E-state index in [2.05, 4.69) is 25.9 Å². The summed E-state index contributed by atoms with van der Waals surface area (Å²) in [7, 11) is 0. The number of aromatic nitrogens is 2. The molecule has 1 aromatic carbocycles. The molecule has 0 aliphatic carbocycles. The summed E-state index contributed by atoms with van der Waals surface area (Å²) in [5, 5.41) is 0. The van der Waals surface area contributed by atoms with Gasteiger partial charge in [0.25, 0.3) is 0 Å². The third-order valence-electron chi connectivity index (χ3n) is 2.55. The lowest BCUT2D eigenvalue weighted by Gasteiger charge is -2.04. The summed E-state index contributed by atoms with van der Waals surface area (Å²) < 4.78 is 11.5. The van der Waals surface area contributed by atoms with E-state index in [-0.39, 0.29) is 0 Å². The molecule has 0 amide bonds. The van der Waals surface area contributed by atoms with Crippen molar-refractivity contribution in [2.75, 3.05) is 0 Å². The van der Waals surface area contributed by atoms with Crippen LogP contribution in [0.25, 0.3) is 11.5 Å². The number of rotatable bonds is 3. The van der Waals surface area contributed by atoms with Crippen LogP contribution in [0.15, 0.2) is 56.4 Å². The number of nitrogens with zero attached hydrogens (tertiary/aromatic N) is 2. The number of halogens is 1. The van der Waals surface area contributed by atoms with Crippen LogP contribution in [-0.4, -0.2) is 9.97 Å². The standard InChI is InChI=1S/C13H9BrN2O2/c14-11-2-1-9(13-16-4-6-18-13)7-10(11)8-12-15-3-5-17-12/h1-7H,8H2. The molecule has 90 valence electrons. The molecule has 0 saturated heterocycles. The summed E-state index contributed by atoms with van der Waals surface area (Å²) in [5.41, 5.74) is 2.01. The Labute approximate surface area is 112 Å². The molecule has 0 aliphatic rings. The molecule has 3 rings (SSSR count). The number of hydrogen-bond acceptors (Lipinski definition) is 4. The molecule has 0 radical (unpaired) electrons. The second kappa shape index (κ2) is 4.78. The molecule has 18 heavy (non-hydrogen) atoms. The average molecular weight is 305 g/mol. The Morgan fingerprint density at radius 3 is 2.61 bits per heavy atom. The Bertz CT molecular complexity index is 633. The van der Waals surface area contributed by atoms with Gasteiger partial charge in [-0.15, -0.1) is 0 Å². The lowest BCUT2D eigenvalue weighted by Crippen LogP contribution is -1.91. The van der Waals surface area contributed by atoms with E-state index in [1.165, 1.54) is 0 Å². The highest BCUT2D eigenvalue weighted by molar-refractivity contribution is 9.10. The smallest absolute Gasteiger partial charge is 0.225 e. The second-order valence-corrected chi connectivity index (χ2v) is 4.60. The predicted octanol–water partition coefficient (Wildman–Crippen LogP) is 3.68. The van der Waals surface area contributed by atoms with Gasteiger partial charge >= 0.3 is 0 Å². The molecule has 0 saturated carbocycles. The molecular formula is C13H9BrN2O2. The van der Waals surface area contributed by atoms with Gasteiger partial charge in [-0.3, -0.25) is 0 Å². The molecule has 0 spiro atoms. The molecule has 0 unspecified atom stereocenters. The van der Waals surface area contributed by atoms with Crippen LogP contribution in [0.2, 0.25) is 0 Å². The van der Waals surface area contributed by atoms with E-state index >= 15 is 0 Å². The molecule has 0 aliphatic heterocycles. The third-order valence-corrected chi connectivity index (χ3v) is 3.32. The number of benzene rings is 1. The van der Waals surface area contributed by atoms with Gasteiger partial charge in [0.05, 0.1) is 18.8 Å². The Balaban J connectivity index is 1.96. The molecule has 0 bridgehead atoms. The van der Waals surface area contributed by atoms with Gasteiger partial charge in [-0.25, -0.2) is 9.97 Å². The lowest BCUT2D eigenvalue weighted by molar-refractivity contribution is 0.506. The SMILES string of the molecule is Brc1ccc(-c2ncco2)cc1Cc1ncco1. The lowest BCUT2D eigenvalue weighted by atomic mass is 10.1. The molecule has 0 atom stereocenters. The van der Waals surface area contributed by atoms with Crippen LogP contribution in [0.4, 0.5) is 0 Å². The van der Waals surface area contributed by atoms with Gasteiger partial charge in [-0.2, -0.15) is 0 Å². The molecule has 5 heteroatoms. The first kappa shape index (κ1) is 11.2. The highest BCUT2D eigenvalue weighted by Gasteiger charge is 2.09. The Hall–Kier alpha value is -1.88. The Kier molecular flexibility index (Phi) is 2.98. The molecule has 2 heterocycles. The molecule has 0 N–H and O–H groups in total. The summed E-state index contributed by atoms with van der Waals surface area (Å²) in [6.45, 7) is 0. The minimum atomic E-state index is 0.608. The van der Waals surface area contributed by atoms with Gasteiger partial charge < -0.3 is 8.83 Å². The van der Waals surface area contributed by atoms with E-state index in [4.69, 9.17) is 8.83 Å². The molecule has 3 aromatic rings. The van der Waals surface area contributed by atoms with E-state index in [1.54, 1.807) is 24.9 Å². The van der Waals surface area contributed by atoms with Gasteiger partial charge in [-0.05, 0) is 23.8 Å². The summed E-state index contributed by atoms with van der Waals surface area (Å²) in [6.07, 6.45) is 7.03. The summed E-state index contributed by atoms with van der Waals surface area (Å²) in [4.78, 5) is 8.25. The normalized spacial score (nSPS) is 10.7. The van der Waals surface area contributed by atoms with E-state index in [1.807, 2.05) is 18.2 Å².